The zero-order valence-electron chi connectivity index (χ0n) is 7.23. The fraction of sp³-hybridized carbons (Fsp3) is 0.571. The maximum atomic E-state index is 5.47. The third-order valence-corrected chi connectivity index (χ3v) is 1.45. The van der Waals surface area contributed by atoms with E-state index >= 15 is 0 Å². The molecular weight excluding hydrogens is 197 g/mol. The zero-order chi connectivity index (χ0) is 7.56. The highest BCUT2D eigenvalue weighted by molar-refractivity contribution is 5.85. The lowest BCUT2D eigenvalue weighted by Gasteiger charge is -2.08. The number of rotatable bonds is 2. The molecular formula is C7H15Cl2N3. The Hall–Kier alpha value is -0.250. The van der Waals surface area contributed by atoms with Crippen molar-refractivity contribution in [3.05, 3.63) is 18.0 Å². The summed E-state index contributed by atoms with van der Waals surface area (Å²) in [5, 5.41) is 4.12. The third kappa shape index (κ3) is 3.01. The lowest BCUT2D eigenvalue weighted by Crippen LogP contribution is -2.10. The van der Waals surface area contributed by atoms with E-state index in [2.05, 4.69) is 18.9 Å². The van der Waals surface area contributed by atoms with Crippen molar-refractivity contribution in [2.45, 2.75) is 26.4 Å². The van der Waals surface area contributed by atoms with Crippen LogP contribution in [0.25, 0.3) is 0 Å². The smallest absolute Gasteiger partial charge is 0.0522 e. The highest BCUT2D eigenvalue weighted by atomic mass is 35.5. The maximum Gasteiger partial charge on any atom is 0.0522 e. The molecule has 0 saturated carbocycles. The second kappa shape index (κ2) is 6.29. The van der Waals surface area contributed by atoms with Crippen molar-refractivity contribution in [1.82, 2.24) is 9.78 Å². The van der Waals surface area contributed by atoms with Crippen LogP contribution >= 0.6 is 24.8 Å². The average Bonchev–Trinajstić information content (AvgIpc) is 2.33. The second-order valence-corrected chi connectivity index (χ2v) is 2.56. The standard InChI is InChI=1S/C7H13N3.2ClH/c1-6(2)10-7(5-8)3-4-9-10;;/h3-4,6H,5,8H2,1-2H3;2*1H. The Balaban J connectivity index is 0. The predicted octanol–water partition coefficient (Wildman–Crippen LogP) is 1.77. The van der Waals surface area contributed by atoms with Crippen molar-refractivity contribution in [3.8, 4) is 0 Å². The van der Waals surface area contributed by atoms with Gasteiger partial charge in [0.25, 0.3) is 0 Å². The predicted molar refractivity (Wildman–Crippen MR) is 55.0 cm³/mol. The van der Waals surface area contributed by atoms with E-state index in [4.69, 9.17) is 5.73 Å². The molecule has 0 saturated heterocycles. The molecule has 0 aliphatic rings. The van der Waals surface area contributed by atoms with Crippen molar-refractivity contribution in [2.75, 3.05) is 0 Å². The quantitative estimate of drug-likeness (QED) is 0.811. The SMILES string of the molecule is CC(C)n1nccc1CN.Cl.Cl. The number of nitrogens with zero attached hydrogens (tertiary/aromatic N) is 2. The van der Waals surface area contributed by atoms with Crippen molar-refractivity contribution in [3.63, 3.8) is 0 Å². The topological polar surface area (TPSA) is 43.8 Å². The lowest BCUT2D eigenvalue weighted by molar-refractivity contribution is 0.510. The van der Waals surface area contributed by atoms with Gasteiger partial charge in [0.15, 0.2) is 0 Å². The number of hydrogen-bond donors (Lipinski definition) is 1. The first-order valence-corrected chi connectivity index (χ1v) is 3.48. The molecule has 1 heterocycles. The highest BCUT2D eigenvalue weighted by Crippen LogP contribution is 2.05. The minimum atomic E-state index is 0. The maximum absolute atomic E-state index is 5.47. The summed E-state index contributed by atoms with van der Waals surface area (Å²) < 4.78 is 1.93. The van der Waals surface area contributed by atoms with Gasteiger partial charge in [-0.3, -0.25) is 4.68 Å². The number of halogens is 2. The molecule has 1 rings (SSSR count). The van der Waals surface area contributed by atoms with Gasteiger partial charge in [-0.15, -0.1) is 24.8 Å². The van der Waals surface area contributed by atoms with E-state index in [9.17, 15) is 0 Å². The number of nitrogens with two attached hydrogens (primary N) is 1. The first-order valence-electron chi connectivity index (χ1n) is 3.48. The summed E-state index contributed by atoms with van der Waals surface area (Å²) in [4.78, 5) is 0. The lowest BCUT2D eigenvalue weighted by atomic mass is 10.3. The van der Waals surface area contributed by atoms with E-state index in [-0.39, 0.29) is 24.8 Å². The van der Waals surface area contributed by atoms with Gasteiger partial charge in [0.1, 0.15) is 0 Å². The molecule has 5 heteroatoms. The first kappa shape index (κ1) is 14.3. The van der Waals surface area contributed by atoms with E-state index in [0.29, 0.717) is 12.6 Å². The van der Waals surface area contributed by atoms with Gasteiger partial charge in [0.2, 0.25) is 0 Å². The monoisotopic (exact) mass is 211 g/mol. The molecule has 0 bridgehead atoms. The van der Waals surface area contributed by atoms with Gasteiger partial charge in [-0.1, -0.05) is 0 Å². The molecule has 12 heavy (non-hydrogen) atoms. The zero-order valence-corrected chi connectivity index (χ0v) is 8.86. The Morgan fingerprint density at radius 3 is 2.42 bits per heavy atom. The van der Waals surface area contributed by atoms with E-state index in [1.165, 1.54) is 0 Å². The Kier molecular flexibility index (Phi) is 7.48. The second-order valence-electron chi connectivity index (χ2n) is 2.56. The van der Waals surface area contributed by atoms with Crippen molar-refractivity contribution >= 4 is 24.8 Å². The molecule has 0 spiro atoms. The normalized spacial score (nSPS) is 9.00. The fourth-order valence-corrected chi connectivity index (χ4v) is 0.968. The van der Waals surface area contributed by atoms with Crippen molar-refractivity contribution in [2.24, 2.45) is 5.73 Å². The van der Waals surface area contributed by atoms with E-state index in [1.54, 1.807) is 6.20 Å². The third-order valence-electron chi connectivity index (χ3n) is 1.45. The number of hydrogen-bond acceptors (Lipinski definition) is 2. The Labute approximate surface area is 85.1 Å². The molecule has 0 aromatic carbocycles. The van der Waals surface area contributed by atoms with E-state index < -0.39 is 0 Å². The molecule has 0 fully saturated rings. The van der Waals surface area contributed by atoms with E-state index in [1.807, 2.05) is 10.7 Å². The summed E-state index contributed by atoms with van der Waals surface area (Å²) >= 11 is 0. The summed E-state index contributed by atoms with van der Waals surface area (Å²) in [6.07, 6.45) is 1.78. The summed E-state index contributed by atoms with van der Waals surface area (Å²) in [7, 11) is 0. The van der Waals surface area contributed by atoms with Crippen LogP contribution in [-0.4, -0.2) is 9.78 Å². The summed E-state index contributed by atoms with van der Waals surface area (Å²) in [6, 6.07) is 2.36. The molecule has 0 atom stereocenters. The minimum absolute atomic E-state index is 0. The Bertz CT molecular complexity index is 210. The molecule has 72 valence electrons. The molecule has 0 amide bonds. The van der Waals surface area contributed by atoms with Gasteiger partial charge in [0.05, 0.1) is 5.69 Å². The summed E-state index contributed by atoms with van der Waals surface area (Å²) in [6.45, 7) is 4.75. The van der Waals surface area contributed by atoms with Gasteiger partial charge in [0, 0.05) is 18.8 Å². The molecule has 3 nitrogen and oxygen atoms in total. The fourth-order valence-electron chi connectivity index (χ4n) is 0.968. The molecule has 0 aliphatic carbocycles. The number of aromatic nitrogens is 2. The van der Waals surface area contributed by atoms with Crippen molar-refractivity contribution in [1.29, 1.82) is 0 Å². The largest absolute Gasteiger partial charge is 0.325 e. The summed E-state index contributed by atoms with van der Waals surface area (Å²) in [5.41, 5.74) is 6.56. The van der Waals surface area contributed by atoms with Crippen LogP contribution in [0.15, 0.2) is 12.3 Å². The van der Waals surface area contributed by atoms with Crippen LogP contribution in [0.2, 0.25) is 0 Å². The van der Waals surface area contributed by atoms with Gasteiger partial charge >= 0.3 is 0 Å². The van der Waals surface area contributed by atoms with Gasteiger partial charge in [-0.2, -0.15) is 5.10 Å². The Morgan fingerprint density at radius 2 is 2.08 bits per heavy atom. The van der Waals surface area contributed by atoms with Crippen LogP contribution in [0.3, 0.4) is 0 Å². The minimum Gasteiger partial charge on any atom is -0.325 e. The average molecular weight is 212 g/mol. The van der Waals surface area contributed by atoms with Gasteiger partial charge < -0.3 is 5.73 Å². The molecule has 0 unspecified atom stereocenters. The van der Waals surface area contributed by atoms with Crippen LogP contribution in [-0.2, 0) is 6.54 Å². The van der Waals surface area contributed by atoms with Crippen LogP contribution in [0.4, 0.5) is 0 Å². The van der Waals surface area contributed by atoms with Gasteiger partial charge in [-0.25, -0.2) is 0 Å². The molecule has 1 aromatic rings. The van der Waals surface area contributed by atoms with E-state index in [0.717, 1.165) is 5.69 Å². The first-order chi connectivity index (χ1) is 4.75. The van der Waals surface area contributed by atoms with Crippen molar-refractivity contribution < 1.29 is 0 Å². The summed E-state index contributed by atoms with van der Waals surface area (Å²) in [5.74, 6) is 0. The molecule has 0 aliphatic heterocycles. The molecule has 2 N–H and O–H groups in total. The van der Waals surface area contributed by atoms with Crippen LogP contribution in [0.1, 0.15) is 25.6 Å². The highest BCUT2D eigenvalue weighted by Gasteiger charge is 2.01. The van der Waals surface area contributed by atoms with Crippen LogP contribution < -0.4 is 5.73 Å². The van der Waals surface area contributed by atoms with Crippen LogP contribution in [0.5, 0.6) is 0 Å². The van der Waals surface area contributed by atoms with Crippen LogP contribution in [0, 0.1) is 0 Å². The molecule has 0 radical (unpaired) electrons. The van der Waals surface area contributed by atoms with Gasteiger partial charge in [-0.05, 0) is 19.9 Å². The molecule has 1 aromatic heterocycles. The Morgan fingerprint density at radius 1 is 1.50 bits per heavy atom.